The zero-order chi connectivity index (χ0) is 20.1. The second-order valence-corrected chi connectivity index (χ2v) is 8.98. The average Bonchev–Trinajstić information content (AvgIpc) is 3.30. The van der Waals surface area contributed by atoms with Crippen LogP contribution in [0.5, 0.6) is 0 Å². The second-order valence-electron chi connectivity index (χ2n) is 8.98. The number of ether oxygens (including phenoxy) is 1. The van der Waals surface area contributed by atoms with E-state index in [1.54, 1.807) is 0 Å². The van der Waals surface area contributed by atoms with Crippen LogP contribution in [-0.4, -0.2) is 83.0 Å². The van der Waals surface area contributed by atoms with Gasteiger partial charge in [0.05, 0.1) is 13.2 Å². The molecule has 1 saturated carbocycles. The average molecular weight is 531 g/mol. The fourth-order valence-corrected chi connectivity index (χ4v) is 4.98. The molecule has 0 aromatic carbocycles. The van der Waals surface area contributed by atoms with Gasteiger partial charge in [0, 0.05) is 46.3 Å². The molecule has 30 heavy (non-hydrogen) atoms. The van der Waals surface area contributed by atoms with E-state index >= 15 is 0 Å². The van der Waals surface area contributed by atoms with Gasteiger partial charge in [-0.1, -0.05) is 19.3 Å². The van der Waals surface area contributed by atoms with Crippen molar-refractivity contribution in [2.45, 2.75) is 52.0 Å². The zero-order valence-electron chi connectivity index (χ0n) is 18.6. The molecule has 2 aliphatic heterocycles. The van der Waals surface area contributed by atoms with Crippen molar-refractivity contribution in [3.63, 3.8) is 0 Å². The molecule has 3 aliphatic rings. The van der Waals surface area contributed by atoms with Crippen molar-refractivity contribution >= 4 is 29.9 Å². The van der Waals surface area contributed by atoms with Crippen LogP contribution in [0.1, 0.15) is 50.2 Å². The molecule has 3 heterocycles. The number of halogens is 1. The second kappa shape index (κ2) is 11.1. The lowest BCUT2D eigenvalue weighted by Crippen LogP contribution is -2.46. The monoisotopic (exact) mass is 531 g/mol. The van der Waals surface area contributed by atoms with Crippen LogP contribution in [0.3, 0.4) is 0 Å². The smallest absolute Gasteiger partial charge is 0.194 e. The summed E-state index contributed by atoms with van der Waals surface area (Å²) in [6, 6.07) is 0. The molecular formula is C21H38IN7O. The highest BCUT2D eigenvalue weighted by molar-refractivity contribution is 14.0. The number of rotatable bonds is 5. The Morgan fingerprint density at radius 3 is 2.57 bits per heavy atom. The predicted octanol–water partition coefficient (Wildman–Crippen LogP) is 2.18. The van der Waals surface area contributed by atoms with E-state index in [4.69, 9.17) is 9.73 Å². The van der Waals surface area contributed by atoms with Crippen LogP contribution in [0.15, 0.2) is 4.99 Å². The number of morpholine rings is 1. The lowest BCUT2D eigenvalue weighted by molar-refractivity contribution is 0.0388. The molecule has 1 spiro atoms. The summed E-state index contributed by atoms with van der Waals surface area (Å²) >= 11 is 0. The summed E-state index contributed by atoms with van der Waals surface area (Å²) < 4.78 is 7.49. The lowest BCUT2D eigenvalue weighted by Gasteiger charge is -2.34. The molecule has 0 bridgehead atoms. The first-order chi connectivity index (χ1) is 14.2. The lowest BCUT2D eigenvalue weighted by atomic mass is 9.73. The van der Waals surface area contributed by atoms with E-state index in [-0.39, 0.29) is 24.0 Å². The number of aliphatic imine (C=N–C) groups is 1. The Labute approximate surface area is 197 Å². The van der Waals surface area contributed by atoms with Gasteiger partial charge in [-0.15, -0.1) is 34.2 Å². The van der Waals surface area contributed by atoms with E-state index < -0.39 is 0 Å². The van der Waals surface area contributed by atoms with Crippen LogP contribution in [0, 0.1) is 12.3 Å². The van der Waals surface area contributed by atoms with Crippen molar-refractivity contribution in [3.05, 3.63) is 11.6 Å². The maximum absolute atomic E-state index is 5.46. The number of aryl methyl sites for hydroxylation is 1. The Hall–Kier alpha value is -0.940. The van der Waals surface area contributed by atoms with E-state index in [1.165, 1.54) is 38.5 Å². The summed E-state index contributed by atoms with van der Waals surface area (Å²) in [6.07, 6.45) is 8.26. The molecule has 2 saturated heterocycles. The largest absolute Gasteiger partial charge is 0.379 e. The minimum absolute atomic E-state index is 0. The molecule has 170 valence electrons. The van der Waals surface area contributed by atoms with Crippen LogP contribution >= 0.6 is 24.0 Å². The van der Waals surface area contributed by atoms with Gasteiger partial charge in [0.25, 0.3) is 0 Å². The third kappa shape index (κ3) is 5.85. The first-order valence-electron chi connectivity index (χ1n) is 11.3. The van der Waals surface area contributed by atoms with Crippen LogP contribution in [0.25, 0.3) is 0 Å². The Bertz CT molecular complexity index is 696. The molecule has 3 fully saturated rings. The van der Waals surface area contributed by atoms with Crippen LogP contribution in [0.4, 0.5) is 0 Å². The van der Waals surface area contributed by atoms with E-state index in [9.17, 15) is 0 Å². The standard InChI is InChI=1S/C21H37N7O.HI/c1-18-24-25-19(26(18)2)16-23-20(22-9-11-27-12-14-29-15-13-27)28-10-8-21(17-28)6-4-3-5-7-21;/h3-17H2,1-2H3,(H,22,23);1H. The summed E-state index contributed by atoms with van der Waals surface area (Å²) in [5.41, 5.74) is 0.520. The maximum Gasteiger partial charge on any atom is 0.194 e. The van der Waals surface area contributed by atoms with E-state index in [1.807, 2.05) is 18.5 Å². The number of aromatic nitrogens is 3. The maximum atomic E-state index is 5.46. The molecule has 1 aromatic rings. The summed E-state index contributed by atoms with van der Waals surface area (Å²) in [4.78, 5) is 9.93. The fraction of sp³-hybridized carbons (Fsp3) is 0.857. The Morgan fingerprint density at radius 1 is 1.10 bits per heavy atom. The third-order valence-electron chi connectivity index (χ3n) is 7.02. The van der Waals surface area contributed by atoms with Gasteiger partial charge in [0.1, 0.15) is 12.4 Å². The minimum atomic E-state index is 0. The van der Waals surface area contributed by atoms with Gasteiger partial charge in [-0.3, -0.25) is 4.90 Å². The van der Waals surface area contributed by atoms with Crippen molar-refractivity contribution in [1.82, 2.24) is 29.9 Å². The van der Waals surface area contributed by atoms with Gasteiger partial charge in [-0.05, 0) is 31.6 Å². The number of hydrogen-bond acceptors (Lipinski definition) is 5. The highest BCUT2D eigenvalue weighted by atomic mass is 127. The van der Waals surface area contributed by atoms with Gasteiger partial charge >= 0.3 is 0 Å². The van der Waals surface area contributed by atoms with E-state index in [0.29, 0.717) is 12.0 Å². The molecule has 0 radical (unpaired) electrons. The molecule has 0 unspecified atom stereocenters. The predicted molar refractivity (Wildman–Crippen MR) is 129 cm³/mol. The van der Waals surface area contributed by atoms with Gasteiger partial charge in [-0.25, -0.2) is 4.99 Å². The van der Waals surface area contributed by atoms with Crippen molar-refractivity contribution in [1.29, 1.82) is 0 Å². The first-order valence-corrected chi connectivity index (χ1v) is 11.3. The quantitative estimate of drug-likeness (QED) is 0.357. The van der Waals surface area contributed by atoms with Crippen molar-refractivity contribution in [2.75, 3.05) is 52.5 Å². The SMILES string of the molecule is Cc1nnc(CN=C(NCCN2CCOCC2)N2CCC3(CCCCC3)C2)n1C.I. The normalized spacial score (nSPS) is 22.3. The number of guanidine groups is 1. The molecule has 8 nitrogen and oxygen atoms in total. The number of likely N-dealkylation sites (tertiary alicyclic amines) is 1. The van der Waals surface area contributed by atoms with Gasteiger partial charge in [0.15, 0.2) is 11.8 Å². The van der Waals surface area contributed by atoms with Crippen molar-refractivity contribution < 1.29 is 4.74 Å². The van der Waals surface area contributed by atoms with E-state index in [2.05, 4.69) is 25.3 Å². The Balaban J connectivity index is 0.00000256. The Kier molecular flexibility index (Phi) is 8.76. The summed E-state index contributed by atoms with van der Waals surface area (Å²) in [5.74, 6) is 2.89. The molecule has 4 rings (SSSR count). The zero-order valence-corrected chi connectivity index (χ0v) is 20.9. The van der Waals surface area contributed by atoms with Gasteiger partial charge < -0.3 is 19.5 Å². The van der Waals surface area contributed by atoms with Crippen molar-refractivity contribution in [3.8, 4) is 0 Å². The number of nitrogens with one attached hydrogen (secondary N) is 1. The van der Waals surface area contributed by atoms with Gasteiger partial charge in [-0.2, -0.15) is 0 Å². The molecule has 0 atom stereocenters. The highest BCUT2D eigenvalue weighted by Crippen LogP contribution is 2.43. The summed E-state index contributed by atoms with van der Waals surface area (Å²) in [5, 5.41) is 12.1. The van der Waals surface area contributed by atoms with Crippen LogP contribution in [0.2, 0.25) is 0 Å². The topological polar surface area (TPSA) is 70.8 Å². The number of hydrogen-bond donors (Lipinski definition) is 1. The molecule has 1 N–H and O–H groups in total. The molecule has 9 heteroatoms. The highest BCUT2D eigenvalue weighted by Gasteiger charge is 2.39. The van der Waals surface area contributed by atoms with Gasteiger partial charge in [0.2, 0.25) is 0 Å². The summed E-state index contributed by atoms with van der Waals surface area (Å²) in [7, 11) is 2.01. The van der Waals surface area contributed by atoms with Crippen molar-refractivity contribution in [2.24, 2.45) is 17.5 Å². The number of nitrogens with zero attached hydrogens (tertiary/aromatic N) is 6. The fourth-order valence-electron chi connectivity index (χ4n) is 4.98. The molecule has 0 amide bonds. The third-order valence-corrected chi connectivity index (χ3v) is 7.02. The molecular weight excluding hydrogens is 493 g/mol. The minimum Gasteiger partial charge on any atom is -0.379 e. The molecule has 1 aromatic heterocycles. The van der Waals surface area contributed by atoms with Crippen LogP contribution in [-0.2, 0) is 18.3 Å². The first kappa shape index (κ1) is 23.7. The van der Waals surface area contributed by atoms with E-state index in [0.717, 1.165) is 70.1 Å². The molecule has 1 aliphatic carbocycles. The summed E-state index contributed by atoms with van der Waals surface area (Å²) in [6.45, 7) is 10.5. The van der Waals surface area contributed by atoms with Crippen LogP contribution < -0.4 is 5.32 Å². The Morgan fingerprint density at radius 2 is 1.87 bits per heavy atom.